The molecule has 1 aromatic heterocycles. The van der Waals surface area contributed by atoms with E-state index < -0.39 is 10.0 Å². The lowest BCUT2D eigenvalue weighted by molar-refractivity contribution is -0.121. The number of fused-ring (bicyclic) bond motifs is 1. The van der Waals surface area contributed by atoms with Gasteiger partial charge in [0.1, 0.15) is 5.82 Å². The van der Waals surface area contributed by atoms with Gasteiger partial charge in [0, 0.05) is 25.6 Å². The Morgan fingerprint density at radius 1 is 1.13 bits per heavy atom. The number of benzene rings is 2. The first-order valence-corrected chi connectivity index (χ1v) is 12.2. The molecule has 164 valence electrons. The molecule has 1 aliphatic rings. The van der Waals surface area contributed by atoms with Crippen LogP contribution >= 0.6 is 0 Å². The van der Waals surface area contributed by atoms with Crippen molar-refractivity contribution in [1.29, 1.82) is 0 Å². The summed E-state index contributed by atoms with van der Waals surface area (Å²) in [5, 5.41) is 2.97. The van der Waals surface area contributed by atoms with Gasteiger partial charge in [0.05, 0.1) is 15.9 Å². The van der Waals surface area contributed by atoms with Crippen LogP contribution in [0.15, 0.2) is 53.4 Å². The van der Waals surface area contributed by atoms with Crippen LogP contribution in [0.2, 0.25) is 0 Å². The summed E-state index contributed by atoms with van der Waals surface area (Å²) in [6, 6.07) is 14.9. The number of imidazole rings is 1. The molecule has 8 heteroatoms. The average molecular weight is 441 g/mol. The number of para-hydroxylation sites is 2. The summed E-state index contributed by atoms with van der Waals surface area (Å²) in [4.78, 5) is 17.0. The SMILES string of the molecule is Cc1nc2ccccc2n1CCCNC(=O)CCc1ccc(S(=O)(=O)NC2CC2)cc1. The Kier molecular flexibility index (Phi) is 6.38. The molecule has 0 unspecified atom stereocenters. The van der Waals surface area contributed by atoms with Crippen molar-refractivity contribution < 1.29 is 13.2 Å². The second-order valence-electron chi connectivity index (χ2n) is 8.04. The Hall–Kier alpha value is -2.71. The highest BCUT2D eigenvalue weighted by atomic mass is 32.2. The van der Waals surface area contributed by atoms with Gasteiger partial charge in [-0.2, -0.15) is 0 Å². The fourth-order valence-electron chi connectivity index (χ4n) is 3.61. The number of nitrogens with zero attached hydrogens (tertiary/aromatic N) is 2. The van der Waals surface area contributed by atoms with Crippen LogP contribution < -0.4 is 10.0 Å². The van der Waals surface area contributed by atoms with Crippen molar-refractivity contribution >= 4 is 27.0 Å². The van der Waals surface area contributed by atoms with Gasteiger partial charge in [-0.3, -0.25) is 4.79 Å². The second-order valence-corrected chi connectivity index (χ2v) is 9.76. The molecule has 0 radical (unpaired) electrons. The molecule has 1 fully saturated rings. The van der Waals surface area contributed by atoms with Crippen molar-refractivity contribution in [3.8, 4) is 0 Å². The molecule has 31 heavy (non-hydrogen) atoms. The van der Waals surface area contributed by atoms with E-state index in [1.165, 1.54) is 0 Å². The predicted octanol–water partition coefficient (Wildman–Crippen LogP) is 2.92. The zero-order valence-electron chi connectivity index (χ0n) is 17.7. The Morgan fingerprint density at radius 2 is 1.87 bits per heavy atom. The first-order valence-electron chi connectivity index (χ1n) is 10.7. The summed E-state index contributed by atoms with van der Waals surface area (Å²) in [7, 11) is -3.43. The quantitative estimate of drug-likeness (QED) is 0.474. The van der Waals surface area contributed by atoms with Gasteiger partial charge in [0.25, 0.3) is 0 Å². The second kappa shape index (κ2) is 9.20. The van der Waals surface area contributed by atoms with Crippen molar-refractivity contribution in [1.82, 2.24) is 19.6 Å². The minimum absolute atomic E-state index is 0.000640. The number of sulfonamides is 1. The topological polar surface area (TPSA) is 93.1 Å². The van der Waals surface area contributed by atoms with Gasteiger partial charge < -0.3 is 9.88 Å². The highest BCUT2D eigenvalue weighted by molar-refractivity contribution is 7.89. The van der Waals surface area contributed by atoms with Crippen LogP contribution in [-0.2, 0) is 27.8 Å². The summed E-state index contributed by atoms with van der Waals surface area (Å²) in [6.45, 7) is 3.41. The van der Waals surface area contributed by atoms with Crippen LogP contribution in [0.3, 0.4) is 0 Å². The van der Waals surface area contributed by atoms with Gasteiger partial charge in [-0.1, -0.05) is 24.3 Å². The van der Waals surface area contributed by atoms with Crippen LogP contribution in [0.4, 0.5) is 0 Å². The minimum atomic E-state index is -3.43. The maximum absolute atomic E-state index is 12.2. The van der Waals surface area contributed by atoms with E-state index in [2.05, 4.69) is 25.7 Å². The fraction of sp³-hybridized carbons (Fsp3) is 0.391. The molecule has 2 N–H and O–H groups in total. The number of nitrogens with one attached hydrogen (secondary N) is 2. The van der Waals surface area contributed by atoms with E-state index in [1.807, 2.05) is 25.1 Å². The summed E-state index contributed by atoms with van der Waals surface area (Å²) in [5.41, 5.74) is 3.05. The number of hydrogen-bond acceptors (Lipinski definition) is 4. The van der Waals surface area contributed by atoms with Gasteiger partial charge in [0.15, 0.2) is 0 Å². The molecular formula is C23H28N4O3S. The molecule has 3 aromatic rings. The molecule has 7 nitrogen and oxygen atoms in total. The monoisotopic (exact) mass is 440 g/mol. The Bertz CT molecular complexity index is 1170. The molecule has 1 aliphatic carbocycles. The van der Waals surface area contributed by atoms with Crippen LogP contribution in [0, 0.1) is 6.92 Å². The lowest BCUT2D eigenvalue weighted by atomic mass is 10.1. The molecule has 1 heterocycles. The Morgan fingerprint density at radius 3 is 2.61 bits per heavy atom. The van der Waals surface area contributed by atoms with Crippen molar-refractivity contribution in [2.75, 3.05) is 6.54 Å². The zero-order chi connectivity index (χ0) is 21.8. The smallest absolute Gasteiger partial charge is 0.240 e. The summed E-state index contributed by atoms with van der Waals surface area (Å²) in [5.74, 6) is 0.977. The maximum Gasteiger partial charge on any atom is 0.240 e. The van der Waals surface area contributed by atoms with Gasteiger partial charge in [-0.25, -0.2) is 18.1 Å². The van der Waals surface area contributed by atoms with E-state index in [0.717, 1.165) is 48.2 Å². The van der Waals surface area contributed by atoms with E-state index in [1.54, 1.807) is 24.3 Å². The number of aryl methyl sites for hydroxylation is 3. The molecular weight excluding hydrogens is 412 g/mol. The number of rotatable bonds is 10. The third-order valence-electron chi connectivity index (χ3n) is 5.50. The van der Waals surface area contributed by atoms with Gasteiger partial charge >= 0.3 is 0 Å². The van der Waals surface area contributed by atoms with E-state index in [4.69, 9.17) is 0 Å². The number of carbonyl (C=O) groups is 1. The van der Waals surface area contributed by atoms with Crippen molar-refractivity contribution in [2.45, 2.75) is 56.5 Å². The Balaban J connectivity index is 1.20. The van der Waals surface area contributed by atoms with E-state index in [9.17, 15) is 13.2 Å². The molecule has 4 rings (SSSR count). The van der Waals surface area contributed by atoms with Crippen molar-refractivity contribution in [3.05, 3.63) is 59.9 Å². The number of hydrogen-bond donors (Lipinski definition) is 2. The minimum Gasteiger partial charge on any atom is -0.356 e. The van der Waals surface area contributed by atoms with Crippen LogP contribution in [0.1, 0.15) is 37.1 Å². The molecule has 0 atom stereocenters. The van der Waals surface area contributed by atoms with Crippen LogP contribution in [0.25, 0.3) is 11.0 Å². The largest absolute Gasteiger partial charge is 0.356 e. The zero-order valence-corrected chi connectivity index (χ0v) is 18.5. The highest BCUT2D eigenvalue weighted by Crippen LogP contribution is 2.22. The standard InChI is InChI=1S/C23H28N4O3S/c1-17-25-21-5-2-3-6-22(21)27(17)16-4-15-24-23(28)14-9-18-7-12-20(13-8-18)31(29,30)26-19-10-11-19/h2-3,5-8,12-13,19,26H,4,9-11,14-16H2,1H3,(H,24,28). The molecule has 2 aromatic carbocycles. The van der Waals surface area contributed by atoms with Crippen molar-refractivity contribution in [3.63, 3.8) is 0 Å². The molecule has 0 aliphatic heterocycles. The van der Waals surface area contributed by atoms with Gasteiger partial charge in [-0.15, -0.1) is 0 Å². The van der Waals surface area contributed by atoms with E-state index >= 15 is 0 Å². The third-order valence-corrected chi connectivity index (χ3v) is 7.04. The van der Waals surface area contributed by atoms with Crippen LogP contribution in [0.5, 0.6) is 0 Å². The molecule has 0 saturated heterocycles. The first kappa shape index (κ1) is 21.5. The summed E-state index contributed by atoms with van der Waals surface area (Å²) in [6.07, 6.45) is 3.59. The van der Waals surface area contributed by atoms with Crippen molar-refractivity contribution in [2.24, 2.45) is 0 Å². The lowest BCUT2D eigenvalue weighted by Gasteiger charge is -2.09. The normalized spacial score (nSPS) is 14.1. The van der Waals surface area contributed by atoms with Gasteiger partial charge in [-0.05, 0) is 62.4 Å². The lowest BCUT2D eigenvalue weighted by Crippen LogP contribution is -2.26. The molecule has 1 amide bonds. The molecule has 0 spiro atoms. The maximum atomic E-state index is 12.2. The fourth-order valence-corrected chi connectivity index (χ4v) is 4.92. The third kappa shape index (κ3) is 5.51. The molecule has 1 saturated carbocycles. The number of amides is 1. The van der Waals surface area contributed by atoms with E-state index in [-0.39, 0.29) is 16.8 Å². The molecule has 0 bridgehead atoms. The first-order chi connectivity index (χ1) is 14.9. The summed E-state index contributed by atoms with van der Waals surface area (Å²) < 4.78 is 29.3. The van der Waals surface area contributed by atoms with Crippen LogP contribution in [-0.4, -0.2) is 36.5 Å². The number of aromatic nitrogens is 2. The highest BCUT2D eigenvalue weighted by Gasteiger charge is 2.27. The average Bonchev–Trinajstić information content (AvgIpc) is 3.50. The summed E-state index contributed by atoms with van der Waals surface area (Å²) >= 11 is 0. The Labute approximate surface area is 182 Å². The predicted molar refractivity (Wildman–Crippen MR) is 120 cm³/mol. The van der Waals surface area contributed by atoms with Gasteiger partial charge in [0.2, 0.25) is 15.9 Å². The number of carbonyl (C=O) groups excluding carboxylic acids is 1. The van der Waals surface area contributed by atoms with E-state index in [0.29, 0.717) is 19.4 Å².